The van der Waals surface area contributed by atoms with Crippen LogP contribution in [0.1, 0.15) is 72.4 Å². The summed E-state index contributed by atoms with van der Waals surface area (Å²) in [7, 11) is 0. The Labute approximate surface area is 284 Å². The molecule has 4 aliphatic rings. The van der Waals surface area contributed by atoms with Gasteiger partial charge in [-0.15, -0.1) is 0 Å². The molecule has 3 nitrogen and oxygen atoms in total. The van der Waals surface area contributed by atoms with Crippen molar-refractivity contribution in [3.63, 3.8) is 0 Å². The number of fused-ring (bicyclic) bond motifs is 8. The van der Waals surface area contributed by atoms with Gasteiger partial charge in [-0.3, -0.25) is 0 Å². The molecule has 3 fully saturated rings. The zero-order chi connectivity index (χ0) is 32.5. The summed E-state index contributed by atoms with van der Waals surface area (Å²) in [6.45, 7) is 6.64. The Morgan fingerprint density at radius 2 is 1.58 bits per heavy atom. The first-order chi connectivity index (χ1) is 23.5. The Bertz CT molecular complexity index is 2050. The standard InChI is InChI=1S/C45H45NO2/c1-3-26-48-27-25-46-34-20-17-32(18-21-34)45(47,31-11-5-4-6-12-31)24-23-36-30(2)35-13-7-8-14-37(35)41-38-15-9-10-16-39(38)44(42(36)41)29-43-28-33(43)19-22-40(43)44/h4-18,20-21,23-24,33,40,46-47H,3,19,22,25-29H2,1-2H3/b24-23-. The number of hydrogen-bond donors (Lipinski definition) is 2. The van der Waals surface area contributed by atoms with Gasteiger partial charge in [0.15, 0.2) is 0 Å². The van der Waals surface area contributed by atoms with E-state index in [-0.39, 0.29) is 5.41 Å². The van der Waals surface area contributed by atoms with Gasteiger partial charge in [-0.25, -0.2) is 0 Å². The summed E-state index contributed by atoms with van der Waals surface area (Å²) in [6, 6.07) is 36.7. The molecule has 0 radical (unpaired) electrons. The van der Waals surface area contributed by atoms with E-state index in [1.54, 1.807) is 0 Å². The van der Waals surface area contributed by atoms with Crippen LogP contribution in [0.2, 0.25) is 0 Å². The van der Waals surface area contributed by atoms with Crippen LogP contribution in [-0.4, -0.2) is 24.9 Å². The van der Waals surface area contributed by atoms with Crippen LogP contribution in [0.25, 0.3) is 28.0 Å². The van der Waals surface area contributed by atoms with Gasteiger partial charge in [0.1, 0.15) is 5.60 Å². The third kappa shape index (κ3) is 4.20. The third-order valence-electron chi connectivity index (χ3n) is 12.6. The number of rotatable bonds is 10. The average molecular weight is 632 g/mol. The quantitative estimate of drug-likeness (QED) is 0.151. The normalized spacial score (nSPS) is 25.7. The van der Waals surface area contributed by atoms with E-state index in [4.69, 9.17) is 4.74 Å². The molecule has 5 atom stereocenters. The van der Waals surface area contributed by atoms with Crippen molar-refractivity contribution in [1.29, 1.82) is 0 Å². The third-order valence-corrected chi connectivity index (χ3v) is 12.6. The topological polar surface area (TPSA) is 41.5 Å². The molecule has 4 aliphatic carbocycles. The van der Waals surface area contributed by atoms with Crippen LogP contribution in [0.4, 0.5) is 5.69 Å². The molecule has 48 heavy (non-hydrogen) atoms. The van der Waals surface area contributed by atoms with Gasteiger partial charge in [0.2, 0.25) is 0 Å². The Morgan fingerprint density at radius 1 is 0.854 bits per heavy atom. The molecular weight excluding hydrogens is 587 g/mol. The molecule has 0 aromatic heterocycles. The maximum Gasteiger partial charge on any atom is 0.134 e. The SMILES string of the molecule is CCCOCCNc1ccc(C(O)(/C=C\c2c3c(c4ccccc4c2C)-c2ccccc2C32CC34CC3CCC24)c2ccccc2)cc1. The van der Waals surface area contributed by atoms with Crippen molar-refractivity contribution in [1.82, 2.24) is 0 Å². The van der Waals surface area contributed by atoms with Crippen molar-refractivity contribution >= 4 is 22.5 Å². The van der Waals surface area contributed by atoms with Crippen molar-refractivity contribution < 1.29 is 9.84 Å². The van der Waals surface area contributed by atoms with Gasteiger partial charge >= 0.3 is 0 Å². The minimum Gasteiger partial charge on any atom is -0.383 e. The Hall–Kier alpha value is -4.18. The average Bonchev–Trinajstić information content (AvgIpc) is 3.66. The number of nitrogens with one attached hydrogen (secondary N) is 1. The van der Waals surface area contributed by atoms with E-state index in [0.29, 0.717) is 17.9 Å². The maximum atomic E-state index is 12.8. The van der Waals surface area contributed by atoms with Crippen LogP contribution >= 0.6 is 0 Å². The highest BCUT2D eigenvalue weighted by molar-refractivity contribution is 6.07. The van der Waals surface area contributed by atoms with E-state index in [2.05, 4.69) is 104 Å². The number of aliphatic hydroxyl groups is 1. The molecule has 3 heteroatoms. The lowest BCUT2D eigenvalue weighted by molar-refractivity contribution is 0.0543. The smallest absolute Gasteiger partial charge is 0.134 e. The number of aryl methyl sites for hydroxylation is 1. The Balaban J connectivity index is 1.18. The molecule has 0 bridgehead atoms. The van der Waals surface area contributed by atoms with E-state index in [1.165, 1.54) is 69.8 Å². The van der Waals surface area contributed by atoms with Gasteiger partial charge in [-0.2, -0.15) is 0 Å². The van der Waals surface area contributed by atoms with Gasteiger partial charge in [0, 0.05) is 24.3 Å². The number of benzene rings is 5. The minimum absolute atomic E-state index is 0.0463. The predicted molar refractivity (Wildman–Crippen MR) is 197 cm³/mol. The van der Waals surface area contributed by atoms with E-state index in [1.807, 2.05) is 30.3 Å². The van der Waals surface area contributed by atoms with Crippen LogP contribution in [0, 0.1) is 24.2 Å². The first-order valence-electron chi connectivity index (χ1n) is 18.1. The van der Waals surface area contributed by atoms with E-state index >= 15 is 0 Å². The zero-order valence-electron chi connectivity index (χ0n) is 28.1. The Kier molecular flexibility index (Phi) is 6.97. The molecule has 0 aliphatic heterocycles. The van der Waals surface area contributed by atoms with Crippen LogP contribution in [0.5, 0.6) is 0 Å². The molecule has 0 amide bonds. The highest BCUT2D eigenvalue weighted by Crippen LogP contribution is 2.85. The van der Waals surface area contributed by atoms with Crippen molar-refractivity contribution in [2.75, 3.05) is 25.1 Å². The largest absolute Gasteiger partial charge is 0.383 e. The summed E-state index contributed by atoms with van der Waals surface area (Å²) >= 11 is 0. The second-order valence-corrected chi connectivity index (χ2v) is 14.9. The highest BCUT2D eigenvalue weighted by atomic mass is 16.5. The van der Waals surface area contributed by atoms with Crippen molar-refractivity contribution in [2.45, 2.75) is 57.0 Å². The summed E-state index contributed by atoms with van der Waals surface area (Å²) < 4.78 is 5.65. The molecule has 5 aromatic carbocycles. The van der Waals surface area contributed by atoms with Gasteiger partial charge < -0.3 is 15.2 Å². The maximum absolute atomic E-state index is 12.8. The summed E-state index contributed by atoms with van der Waals surface area (Å²) in [5, 5.41) is 18.9. The van der Waals surface area contributed by atoms with Crippen molar-refractivity contribution in [2.24, 2.45) is 17.3 Å². The Morgan fingerprint density at radius 3 is 2.35 bits per heavy atom. The molecule has 2 N–H and O–H groups in total. The van der Waals surface area contributed by atoms with E-state index < -0.39 is 5.60 Å². The van der Waals surface area contributed by atoms with Crippen LogP contribution < -0.4 is 5.32 Å². The molecule has 0 saturated heterocycles. The molecule has 2 spiro atoms. The fourth-order valence-corrected chi connectivity index (χ4v) is 10.4. The van der Waals surface area contributed by atoms with Gasteiger partial charge in [-0.1, -0.05) is 104 Å². The monoisotopic (exact) mass is 631 g/mol. The zero-order valence-corrected chi connectivity index (χ0v) is 28.1. The number of anilines is 1. The lowest BCUT2D eigenvalue weighted by atomic mass is 9.47. The first-order valence-corrected chi connectivity index (χ1v) is 18.1. The predicted octanol–water partition coefficient (Wildman–Crippen LogP) is 10.0. The molecule has 5 aromatic rings. The molecule has 5 unspecified atom stereocenters. The summed E-state index contributed by atoms with van der Waals surface area (Å²) in [5.41, 5.74) is 10.5. The van der Waals surface area contributed by atoms with Gasteiger partial charge in [0.05, 0.1) is 6.61 Å². The van der Waals surface area contributed by atoms with E-state index in [0.717, 1.165) is 42.3 Å². The second kappa shape index (κ2) is 11.2. The summed E-state index contributed by atoms with van der Waals surface area (Å²) in [5.74, 6) is 1.62. The first kappa shape index (κ1) is 29.9. The number of ether oxygens (including phenoxy) is 1. The molecule has 9 rings (SSSR count). The lowest BCUT2D eigenvalue weighted by Crippen LogP contribution is -2.51. The molecule has 0 heterocycles. The lowest BCUT2D eigenvalue weighted by Gasteiger charge is -2.55. The molecule has 242 valence electrons. The highest BCUT2D eigenvalue weighted by Gasteiger charge is 2.78. The molecular formula is C45H45NO2. The number of hydrogen-bond acceptors (Lipinski definition) is 3. The van der Waals surface area contributed by atoms with Gasteiger partial charge in [0.25, 0.3) is 0 Å². The fraction of sp³-hybridized carbons (Fsp3) is 0.333. The van der Waals surface area contributed by atoms with E-state index in [9.17, 15) is 5.11 Å². The summed E-state index contributed by atoms with van der Waals surface area (Å²) in [4.78, 5) is 0. The van der Waals surface area contributed by atoms with Crippen molar-refractivity contribution in [3.05, 3.63) is 143 Å². The van der Waals surface area contributed by atoms with Crippen LogP contribution in [0.3, 0.4) is 0 Å². The van der Waals surface area contributed by atoms with Crippen LogP contribution in [0.15, 0.2) is 109 Å². The minimum atomic E-state index is -1.30. The second-order valence-electron chi connectivity index (χ2n) is 14.9. The fourth-order valence-electron chi connectivity index (χ4n) is 10.4. The van der Waals surface area contributed by atoms with Gasteiger partial charge in [-0.05, 0) is 130 Å². The van der Waals surface area contributed by atoms with Crippen molar-refractivity contribution in [3.8, 4) is 11.1 Å². The van der Waals surface area contributed by atoms with Crippen LogP contribution in [-0.2, 0) is 15.8 Å². The molecule has 3 saturated carbocycles. The summed E-state index contributed by atoms with van der Waals surface area (Å²) in [6.07, 6.45) is 10.8.